The van der Waals surface area contributed by atoms with E-state index in [0.717, 1.165) is 29.5 Å². The number of aromatic nitrogens is 1. The lowest BCUT2D eigenvalue weighted by atomic mass is 10.4. The van der Waals surface area contributed by atoms with Gasteiger partial charge in [-0.2, -0.15) is 0 Å². The van der Waals surface area contributed by atoms with Crippen LogP contribution in [0, 0.1) is 19.8 Å². The van der Waals surface area contributed by atoms with Gasteiger partial charge in [-0.3, -0.25) is 9.79 Å². The van der Waals surface area contributed by atoms with Gasteiger partial charge in [-0.25, -0.2) is 4.98 Å². The van der Waals surface area contributed by atoms with Crippen LogP contribution in [0.2, 0.25) is 0 Å². The van der Waals surface area contributed by atoms with Crippen LogP contribution in [0.25, 0.3) is 0 Å². The molecule has 3 N–H and O–H groups in total. The summed E-state index contributed by atoms with van der Waals surface area (Å²) in [5.74, 6) is 1.18. The van der Waals surface area contributed by atoms with E-state index in [9.17, 15) is 4.79 Å². The summed E-state index contributed by atoms with van der Waals surface area (Å²) in [6.45, 7) is 6.03. The predicted octanol–water partition coefficient (Wildman–Crippen LogP) is 0.951. The number of nitrogens with one attached hydrogen (secondary N) is 3. The highest BCUT2D eigenvalue weighted by molar-refractivity contribution is 7.11. The van der Waals surface area contributed by atoms with Crippen molar-refractivity contribution in [2.45, 2.75) is 33.2 Å². The molecule has 0 saturated heterocycles. The maximum Gasteiger partial charge on any atom is 0.223 e. The van der Waals surface area contributed by atoms with Crippen molar-refractivity contribution < 1.29 is 4.79 Å². The van der Waals surface area contributed by atoms with Crippen molar-refractivity contribution in [3.05, 3.63) is 15.6 Å². The fraction of sp³-hybridized carbons (Fsp3) is 0.643. The molecule has 1 saturated carbocycles. The molecule has 1 amide bonds. The normalized spacial score (nSPS) is 14.9. The van der Waals surface area contributed by atoms with E-state index in [1.807, 2.05) is 13.8 Å². The summed E-state index contributed by atoms with van der Waals surface area (Å²) in [4.78, 5) is 21.3. The Balaban J connectivity index is 1.66. The third kappa shape index (κ3) is 5.00. The lowest BCUT2D eigenvalue weighted by Gasteiger charge is -2.11. The second-order valence-electron chi connectivity index (χ2n) is 5.16. The summed E-state index contributed by atoms with van der Waals surface area (Å²) in [6, 6.07) is 0. The van der Waals surface area contributed by atoms with Crippen LogP contribution >= 0.6 is 11.3 Å². The highest BCUT2D eigenvalue weighted by Crippen LogP contribution is 2.28. The summed E-state index contributed by atoms with van der Waals surface area (Å²) in [7, 11) is 1.74. The van der Waals surface area contributed by atoms with E-state index in [4.69, 9.17) is 0 Å². The molecular formula is C14H23N5OS. The highest BCUT2D eigenvalue weighted by atomic mass is 32.1. The molecule has 116 valence electrons. The number of thiazole rings is 1. The van der Waals surface area contributed by atoms with Gasteiger partial charge >= 0.3 is 0 Å². The molecule has 0 radical (unpaired) electrons. The van der Waals surface area contributed by atoms with Crippen LogP contribution in [0.15, 0.2) is 4.99 Å². The largest absolute Gasteiger partial charge is 0.355 e. The fourth-order valence-electron chi connectivity index (χ4n) is 1.98. The first-order valence-corrected chi connectivity index (χ1v) is 8.07. The van der Waals surface area contributed by atoms with Crippen molar-refractivity contribution in [2.24, 2.45) is 10.9 Å². The third-order valence-corrected chi connectivity index (χ3v) is 4.38. The van der Waals surface area contributed by atoms with E-state index < -0.39 is 0 Å². The Hall–Kier alpha value is -1.63. The molecule has 0 bridgehead atoms. The number of aliphatic imine (C=N–C) groups is 1. The van der Waals surface area contributed by atoms with Crippen molar-refractivity contribution in [1.29, 1.82) is 0 Å². The molecule has 1 aliphatic rings. The second kappa shape index (κ2) is 7.40. The summed E-state index contributed by atoms with van der Waals surface area (Å²) < 4.78 is 0. The Bertz CT molecular complexity index is 521. The Kier molecular flexibility index (Phi) is 5.55. The molecular weight excluding hydrogens is 286 g/mol. The molecule has 0 aliphatic heterocycles. The molecule has 0 unspecified atom stereocenters. The van der Waals surface area contributed by atoms with Gasteiger partial charge in [0.15, 0.2) is 5.96 Å². The Morgan fingerprint density at radius 3 is 2.57 bits per heavy atom. The minimum Gasteiger partial charge on any atom is -0.355 e. The molecule has 1 aromatic rings. The maximum atomic E-state index is 11.5. The van der Waals surface area contributed by atoms with Gasteiger partial charge in [-0.1, -0.05) is 0 Å². The summed E-state index contributed by atoms with van der Waals surface area (Å²) >= 11 is 1.70. The van der Waals surface area contributed by atoms with Crippen LogP contribution in [0.3, 0.4) is 0 Å². The molecule has 6 nitrogen and oxygen atoms in total. The smallest absolute Gasteiger partial charge is 0.223 e. The van der Waals surface area contributed by atoms with Crippen molar-refractivity contribution >= 4 is 23.2 Å². The molecule has 2 rings (SSSR count). The topological polar surface area (TPSA) is 78.4 Å². The molecule has 1 aromatic heterocycles. The molecule has 1 heterocycles. The molecule has 0 aromatic carbocycles. The number of hydrogen-bond acceptors (Lipinski definition) is 4. The van der Waals surface area contributed by atoms with E-state index in [2.05, 4.69) is 25.9 Å². The van der Waals surface area contributed by atoms with Gasteiger partial charge in [0.1, 0.15) is 0 Å². The van der Waals surface area contributed by atoms with Crippen LogP contribution in [-0.2, 0) is 11.3 Å². The van der Waals surface area contributed by atoms with Crippen molar-refractivity contribution in [3.8, 4) is 0 Å². The van der Waals surface area contributed by atoms with Crippen LogP contribution in [0.5, 0.6) is 0 Å². The van der Waals surface area contributed by atoms with E-state index in [0.29, 0.717) is 19.6 Å². The number of carbonyl (C=O) groups is 1. The zero-order valence-electron chi connectivity index (χ0n) is 12.8. The number of rotatable bonds is 6. The van der Waals surface area contributed by atoms with Crippen molar-refractivity contribution in [2.75, 3.05) is 20.1 Å². The van der Waals surface area contributed by atoms with E-state index in [1.54, 1.807) is 18.4 Å². The number of amides is 1. The maximum absolute atomic E-state index is 11.5. The van der Waals surface area contributed by atoms with E-state index >= 15 is 0 Å². The number of aryl methyl sites for hydroxylation is 2. The van der Waals surface area contributed by atoms with Gasteiger partial charge in [-0.15, -0.1) is 11.3 Å². The van der Waals surface area contributed by atoms with Crippen LogP contribution in [0.4, 0.5) is 0 Å². The first kappa shape index (κ1) is 15.8. The van der Waals surface area contributed by atoms with Gasteiger partial charge in [0.05, 0.1) is 17.2 Å². The third-order valence-electron chi connectivity index (χ3n) is 3.30. The summed E-state index contributed by atoms with van der Waals surface area (Å²) in [5, 5.41) is 10.4. The van der Waals surface area contributed by atoms with Gasteiger partial charge in [0.2, 0.25) is 5.91 Å². The first-order chi connectivity index (χ1) is 10.1. The van der Waals surface area contributed by atoms with Gasteiger partial charge in [-0.05, 0) is 26.7 Å². The molecule has 0 atom stereocenters. The fourth-order valence-corrected chi connectivity index (χ4v) is 2.86. The SMILES string of the molecule is CN=C(NCCNC(=O)C1CC1)NCc1sc(C)nc1C. The van der Waals surface area contributed by atoms with Crippen LogP contribution in [-0.4, -0.2) is 37.0 Å². The van der Waals surface area contributed by atoms with Gasteiger partial charge in [0, 0.05) is 30.9 Å². The quantitative estimate of drug-likeness (QED) is 0.415. The van der Waals surface area contributed by atoms with Gasteiger partial charge < -0.3 is 16.0 Å². The molecule has 1 aliphatic carbocycles. The predicted molar refractivity (Wildman–Crippen MR) is 85.5 cm³/mol. The number of nitrogens with zero attached hydrogens (tertiary/aromatic N) is 2. The Labute approximate surface area is 129 Å². The number of carbonyl (C=O) groups excluding carboxylic acids is 1. The molecule has 1 fully saturated rings. The standard InChI is InChI=1S/C14H23N5OS/c1-9-12(21-10(2)19-9)8-18-14(15-3)17-7-6-16-13(20)11-4-5-11/h11H,4-8H2,1-3H3,(H,16,20)(H2,15,17,18). The highest BCUT2D eigenvalue weighted by Gasteiger charge is 2.28. The second-order valence-corrected chi connectivity index (χ2v) is 6.45. The average molecular weight is 309 g/mol. The zero-order valence-corrected chi connectivity index (χ0v) is 13.6. The Morgan fingerprint density at radius 1 is 1.29 bits per heavy atom. The van der Waals surface area contributed by atoms with E-state index in [1.165, 1.54) is 4.88 Å². The number of guanidine groups is 1. The summed E-state index contributed by atoms with van der Waals surface area (Å²) in [5.41, 5.74) is 1.07. The zero-order chi connectivity index (χ0) is 15.2. The lowest BCUT2D eigenvalue weighted by molar-refractivity contribution is -0.122. The minimum absolute atomic E-state index is 0.176. The van der Waals surface area contributed by atoms with Gasteiger partial charge in [0.25, 0.3) is 0 Å². The summed E-state index contributed by atoms with van der Waals surface area (Å²) in [6.07, 6.45) is 2.08. The minimum atomic E-state index is 0.176. The Morgan fingerprint density at radius 2 is 2.00 bits per heavy atom. The molecule has 21 heavy (non-hydrogen) atoms. The van der Waals surface area contributed by atoms with E-state index in [-0.39, 0.29) is 11.8 Å². The van der Waals surface area contributed by atoms with Crippen molar-refractivity contribution in [3.63, 3.8) is 0 Å². The number of hydrogen-bond donors (Lipinski definition) is 3. The first-order valence-electron chi connectivity index (χ1n) is 7.25. The monoisotopic (exact) mass is 309 g/mol. The average Bonchev–Trinajstić information content (AvgIpc) is 3.24. The van der Waals surface area contributed by atoms with Crippen LogP contribution in [0.1, 0.15) is 28.4 Å². The van der Waals surface area contributed by atoms with Crippen molar-refractivity contribution in [1.82, 2.24) is 20.9 Å². The molecule has 0 spiro atoms. The molecule has 7 heteroatoms. The van der Waals surface area contributed by atoms with Crippen LogP contribution < -0.4 is 16.0 Å². The lowest BCUT2D eigenvalue weighted by Crippen LogP contribution is -2.41.